The molecular formula is C18H19NO3. The molecule has 0 atom stereocenters. The number of ether oxygens (including phenoxy) is 2. The van der Waals surface area contributed by atoms with Crippen LogP contribution in [0.1, 0.15) is 21.5 Å². The number of benzene rings is 2. The minimum absolute atomic E-state index is 0.130. The molecule has 1 aliphatic rings. The van der Waals surface area contributed by atoms with Gasteiger partial charge in [-0.05, 0) is 31.0 Å². The van der Waals surface area contributed by atoms with Crippen LogP contribution in [0.2, 0.25) is 0 Å². The van der Waals surface area contributed by atoms with Gasteiger partial charge < -0.3 is 14.8 Å². The Morgan fingerprint density at radius 1 is 1.14 bits per heavy atom. The van der Waals surface area contributed by atoms with Crippen molar-refractivity contribution in [3.05, 3.63) is 59.2 Å². The van der Waals surface area contributed by atoms with E-state index in [0.717, 1.165) is 6.42 Å². The molecule has 0 fully saturated rings. The summed E-state index contributed by atoms with van der Waals surface area (Å²) in [6.07, 6.45) is 0.805. The molecule has 4 heteroatoms. The van der Waals surface area contributed by atoms with Crippen LogP contribution < -0.4 is 14.8 Å². The molecule has 0 aliphatic carbocycles. The van der Waals surface area contributed by atoms with Gasteiger partial charge in [0.2, 0.25) is 0 Å². The minimum Gasteiger partial charge on any atom is -0.486 e. The summed E-state index contributed by atoms with van der Waals surface area (Å²) in [7, 11) is 0. The number of aryl methyl sites for hydroxylation is 1. The Labute approximate surface area is 130 Å². The summed E-state index contributed by atoms with van der Waals surface area (Å²) < 4.78 is 11.1. The van der Waals surface area contributed by atoms with Crippen LogP contribution in [0, 0.1) is 6.92 Å². The Kier molecular flexibility index (Phi) is 4.28. The molecule has 22 heavy (non-hydrogen) atoms. The number of rotatable bonds is 4. The molecular weight excluding hydrogens is 278 g/mol. The predicted octanol–water partition coefficient (Wildman–Crippen LogP) is 2.74. The number of amides is 1. The van der Waals surface area contributed by atoms with E-state index >= 15 is 0 Å². The zero-order valence-corrected chi connectivity index (χ0v) is 12.6. The van der Waals surface area contributed by atoms with Crippen LogP contribution in [0.4, 0.5) is 0 Å². The Bertz CT molecular complexity index is 682. The van der Waals surface area contributed by atoms with E-state index in [-0.39, 0.29) is 5.91 Å². The fraction of sp³-hybridized carbons (Fsp3) is 0.278. The van der Waals surface area contributed by atoms with Gasteiger partial charge >= 0.3 is 0 Å². The highest BCUT2D eigenvalue weighted by Gasteiger charge is 2.19. The lowest BCUT2D eigenvalue weighted by molar-refractivity contribution is 0.0943. The summed E-state index contributed by atoms with van der Waals surface area (Å²) in [5.41, 5.74) is 2.97. The molecule has 0 aromatic heterocycles. The summed E-state index contributed by atoms with van der Waals surface area (Å²) in [4.78, 5) is 12.3. The van der Waals surface area contributed by atoms with Crippen molar-refractivity contribution in [3.8, 4) is 11.5 Å². The fourth-order valence-corrected chi connectivity index (χ4v) is 2.54. The van der Waals surface area contributed by atoms with Crippen LogP contribution in [-0.4, -0.2) is 25.7 Å². The van der Waals surface area contributed by atoms with Gasteiger partial charge in [-0.15, -0.1) is 0 Å². The van der Waals surface area contributed by atoms with Crippen LogP contribution >= 0.6 is 0 Å². The maximum absolute atomic E-state index is 12.3. The average molecular weight is 297 g/mol. The van der Waals surface area contributed by atoms with E-state index in [2.05, 4.69) is 30.4 Å². The number of carbonyl (C=O) groups is 1. The Morgan fingerprint density at radius 2 is 1.95 bits per heavy atom. The predicted molar refractivity (Wildman–Crippen MR) is 84.6 cm³/mol. The van der Waals surface area contributed by atoms with Gasteiger partial charge in [-0.3, -0.25) is 4.79 Å². The third-order valence-corrected chi connectivity index (χ3v) is 3.59. The molecule has 0 saturated heterocycles. The standard InChI is InChI=1S/C18H19NO3/c1-13-4-2-5-14(12-13)8-9-19-18(20)15-6-3-7-16-17(15)22-11-10-21-16/h2-7,12H,8-11H2,1H3,(H,19,20). The van der Waals surface area contributed by atoms with Gasteiger partial charge in [-0.1, -0.05) is 35.9 Å². The zero-order valence-electron chi connectivity index (χ0n) is 12.6. The van der Waals surface area contributed by atoms with Crippen molar-refractivity contribution in [2.75, 3.05) is 19.8 Å². The van der Waals surface area contributed by atoms with Crippen LogP contribution in [0.15, 0.2) is 42.5 Å². The van der Waals surface area contributed by atoms with Crippen molar-refractivity contribution in [3.63, 3.8) is 0 Å². The van der Waals surface area contributed by atoms with Gasteiger partial charge in [0, 0.05) is 6.54 Å². The summed E-state index contributed by atoms with van der Waals surface area (Å²) in [5, 5.41) is 2.94. The quantitative estimate of drug-likeness (QED) is 0.944. The highest BCUT2D eigenvalue weighted by atomic mass is 16.6. The number of carbonyl (C=O) groups excluding carboxylic acids is 1. The van der Waals surface area contributed by atoms with Crippen LogP contribution in [0.3, 0.4) is 0 Å². The SMILES string of the molecule is Cc1cccc(CCNC(=O)c2cccc3c2OCCO3)c1. The number of para-hydroxylation sites is 1. The molecule has 1 N–H and O–H groups in total. The Morgan fingerprint density at radius 3 is 2.82 bits per heavy atom. The van der Waals surface area contributed by atoms with E-state index in [4.69, 9.17) is 9.47 Å². The van der Waals surface area contributed by atoms with E-state index in [0.29, 0.717) is 36.8 Å². The largest absolute Gasteiger partial charge is 0.486 e. The zero-order chi connectivity index (χ0) is 15.4. The van der Waals surface area contributed by atoms with E-state index < -0.39 is 0 Å². The fourth-order valence-electron chi connectivity index (χ4n) is 2.54. The first-order chi connectivity index (χ1) is 10.7. The van der Waals surface area contributed by atoms with Gasteiger partial charge in [0.1, 0.15) is 13.2 Å². The topological polar surface area (TPSA) is 47.6 Å². The third kappa shape index (κ3) is 3.22. The molecule has 0 spiro atoms. The summed E-state index contributed by atoms with van der Waals surface area (Å²) in [5.74, 6) is 1.05. The van der Waals surface area contributed by atoms with Crippen molar-refractivity contribution in [2.24, 2.45) is 0 Å². The molecule has 114 valence electrons. The Hall–Kier alpha value is -2.49. The molecule has 2 aromatic rings. The lowest BCUT2D eigenvalue weighted by Gasteiger charge is -2.20. The number of fused-ring (bicyclic) bond motifs is 1. The molecule has 4 nitrogen and oxygen atoms in total. The maximum Gasteiger partial charge on any atom is 0.255 e. The van der Waals surface area contributed by atoms with Crippen LogP contribution in [-0.2, 0) is 6.42 Å². The molecule has 3 rings (SSSR count). The smallest absolute Gasteiger partial charge is 0.255 e. The lowest BCUT2D eigenvalue weighted by atomic mass is 10.1. The third-order valence-electron chi connectivity index (χ3n) is 3.59. The van der Waals surface area contributed by atoms with Gasteiger partial charge in [0.25, 0.3) is 5.91 Å². The monoisotopic (exact) mass is 297 g/mol. The highest BCUT2D eigenvalue weighted by Crippen LogP contribution is 2.33. The first-order valence-corrected chi connectivity index (χ1v) is 7.46. The number of hydrogen-bond acceptors (Lipinski definition) is 3. The van der Waals surface area contributed by atoms with Crippen molar-refractivity contribution >= 4 is 5.91 Å². The second kappa shape index (κ2) is 6.52. The van der Waals surface area contributed by atoms with E-state index in [9.17, 15) is 4.79 Å². The van der Waals surface area contributed by atoms with Gasteiger partial charge in [-0.2, -0.15) is 0 Å². The molecule has 0 radical (unpaired) electrons. The summed E-state index contributed by atoms with van der Waals surface area (Å²) >= 11 is 0. The molecule has 0 unspecified atom stereocenters. The minimum atomic E-state index is -0.130. The van der Waals surface area contributed by atoms with Crippen LogP contribution in [0.25, 0.3) is 0 Å². The molecule has 1 heterocycles. The molecule has 2 aromatic carbocycles. The normalized spacial score (nSPS) is 12.8. The number of nitrogens with one attached hydrogen (secondary N) is 1. The van der Waals surface area contributed by atoms with Gasteiger partial charge in [0.15, 0.2) is 11.5 Å². The maximum atomic E-state index is 12.3. The van der Waals surface area contributed by atoms with Crippen LogP contribution in [0.5, 0.6) is 11.5 Å². The molecule has 0 bridgehead atoms. The molecule has 1 amide bonds. The number of hydrogen-bond donors (Lipinski definition) is 1. The van der Waals surface area contributed by atoms with E-state index in [1.165, 1.54) is 11.1 Å². The molecule has 0 saturated carbocycles. The summed E-state index contributed by atoms with van der Waals surface area (Å²) in [6, 6.07) is 13.7. The Balaban J connectivity index is 1.63. The van der Waals surface area contributed by atoms with Crippen molar-refractivity contribution < 1.29 is 14.3 Å². The van der Waals surface area contributed by atoms with Gasteiger partial charge in [-0.25, -0.2) is 0 Å². The lowest BCUT2D eigenvalue weighted by Crippen LogP contribution is -2.27. The van der Waals surface area contributed by atoms with Gasteiger partial charge in [0.05, 0.1) is 5.56 Å². The second-order valence-electron chi connectivity index (χ2n) is 5.32. The van der Waals surface area contributed by atoms with E-state index in [1.807, 2.05) is 18.2 Å². The molecule has 1 aliphatic heterocycles. The van der Waals surface area contributed by atoms with Crippen molar-refractivity contribution in [1.82, 2.24) is 5.32 Å². The summed E-state index contributed by atoms with van der Waals surface area (Å²) in [6.45, 7) is 3.65. The first kappa shape index (κ1) is 14.4. The highest BCUT2D eigenvalue weighted by molar-refractivity contribution is 5.97. The second-order valence-corrected chi connectivity index (χ2v) is 5.32. The average Bonchev–Trinajstić information content (AvgIpc) is 2.54. The van der Waals surface area contributed by atoms with Crippen molar-refractivity contribution in [2.45, 2.75) is 13.3 Å². The first-order valence-electron chi connectivity index (χ1n) is 7.46. The van der Waals surface area contributed by atoms with Crippen molar-refractivity contribution in [1.29, 1.82) is 0 Å². The van der Waals surface area contributed by atoms with E-state index in [1.54, 1.807) is 6.07 Å².